The highest BCUT2D eigenvalue weighted by Crippen LogP contribution is 2.28. The first-order chi connectivity index (χ1) is 9.33. The van der Waals surface area contributed by atoms with Crippen molar-refractivity contribution in [1.29, 1.82) is 0 Å². The van der Waals surface area contributed by atoms with E-state index in [9.17, 15) is 0 Å². The molecule has 0 bridgehead atoms. The molecule has 0 spiro atoms. The van der Waals surface area contributed by atoms with Crippen LogP contribution in [-0.2, 0) is 4.74 Å². The molecule has 2 aromatic rings. The minimum Gasteiger partial charge on any atom is -0.381 e. The summed E-state index contributed by atoms with van der Waals surface area (Å²) < 4.78 is 7.33. The second kappa shape index (κ2) is 5.52. The van der Waals surface area contributed by atoms with Crippen LogP contribution >= 0.6 is 11.3 Å². The summed E-state index contributed by atoms with van der Waals surface area (Å²) in [6.07, 6.45) is 3.04. The fourth-order valence-corrected chi connectivity index (χ4v) is 3.54. The van der Waals surface area contributed by atoms with Gasteiger partial charge in [-0.1, -0.05) is 18.3 Å². The number of rotatable bonds is 4. The number of hydrogen-bond donors (Lipinski definition) is 1. The van der Waals surface area contributed by atoms with Gasteiger partial charge in [-0.05, 0) is 26.3 Å². The van der Waals surface area contributed by atoms with E-state index in [1.807, 2.05) is 11.6 Å². The number of nitrogens with zero attached hydrogens (tertiary/aromatic N) is 4. The van der Waals surface area contributed by atoms with Crippen LogP contribution in [0, 0.1) is 0 Å². The molecule has 7 heteroatoms. The van der Waals surface area contributed by atoms with Crippen LogP contribution in [-0.4, -0.2) is 40.1 Å². The molecular formula is C12H19N5OS. The average Bonchev–Trinajstić information content (AvgIpc) is 3.01. The van der Waals surface area contributed by atoms with E-state index in [0.717, 1.165) is 48.3 Å². The third-order valence-electron chi connectivity index (χ3n) is 3.67. The second-order valence-corrected chi connectivity index (χ2v) is 5.82. The van der Waals surface area contributed by atoms with Gasteiger partial charge in [-0.2, -0.15) is 9.61 Å². The SMILES string of the molecule is CCC(NC)c1nn2c(C3CCOCC3)nnc2s1. The van der Waals surface area contributed by atoms with Gasteiger partial charge in [0.25, 0.3) is 0 Å². The quantitative estimate of drug-likeness (QED) is 0.925. The number of fused-ring (bicyclic) bond motifs is 1. The maximum Gasteiger partial charge on any atom is 0.234 e. The number of nitrogens with one attached hydrogen (secondary N) is 1. The first-order valence-electron chi connectivity index (χ1n) is 6.80. The predicted octanol–water partition coefficient (Wildman–Crippen LogP) is 1.75. The van der Waals surface area contributed by atoms with Gasteiger partial charge in [0.05, 0.1) is 6.04 Å². The minimum atomic E-state index is 0.300. The van der Waals surface area contributed by atoms with Gasteiger partial charge in [0.1, 0.15) is 5.01 Å². The van der Waals surface area contributed by atoms with Gasteiger partial charge in [0, 0.05) is 19.1 Å². The van der Waals surface area contributed by atoms with Crippen LogP contribution in [0.1, 0.15) is 49.0 Å². The first-order valence-corrected chi connectivity index (χ1v) is 7.62. The lowest BCUT2D eigenvalue weighted by molar-refractivity contribution is 0.0831. The minimum absolute atomic E-state index is 0.300. The van der Waals surface area contributed by atoms with E-state index in [1.165, 1.54) is 0 Å². The van der Waals surface area contributed by atoms with E-state index in [-0.39, 0.29) is 0 Å². The molecule has 1 aliphatic rings. The summed E-state index contributed by atoms with van der Waals surface area (Å²) in [5.41, 5.74) is 0. The molecule has 1 N–H and O–H groups in total. The Labute approximate surface area is 116 Å². The van der Waals surface area contributed by atoms with Gasteiger partial charge in [-0.15, -0.1) is 10.2 Å². The predicted molar refractivity (Wildman–Crippen MR) is 73.5 cm³/mol. The van der Waals surface area contributed by atoms with E-state index < -0.39 is 0 Å². The van der Waals surface area contributed by atoms with Crippen LogP contribution in [0.5, 0.6) is 0 Å². The Morgan fingerprint density at radius 3 is 2.89 bits per heavy atom. The summed E-state index contributed by atoms with van der Waals surface area (Å²) in [6.45, 7) is 3.78. The lowest BCUT2D eigenvalue weighted by atomic mass is 10.00. The molecule has 0 amide bonds. The van der Waals surface area contributed by atoms with Crippen molar-refractivity contribution >= 4 is 16.3 Å². The van der Waals surface area contributed by atoms with Crippen molar-refractivity contribution in [3.05, 3.63) is 10.8 Å². The van der Waals surface area contributed by atoms with Crippen LogP contribution in [0.4, 0.5) is 0 Å². The lowest BCUT2D eigenvalue weighted by Crippen LogP contribution is -2.18. The normalized spacial score (nSPS) is 19.1. The summed E-state index contributed by atoms with van der Waals surface area (Å²) >= 11 is 1.62. The van der Waals surface area contributed by atoms with Crippen LogP contribution in [0.25, 0.3) is 4.96 Å². The summed E-state index contributed by atoms with van der Waals surface area (Å²) in [5, 5.41) is 17.6. The van der Waals surface area contributed by atoms with Crippen LogP contribution in [0.15, 0.2) is 0 Å². The molecule has 19 heavy (non-hydrogen) atoms. The monoisotopic (exact) mass is 281 g/mol. The first kappa shape index (κ1) is 13.0. The van der Waals surface area contributed by atoms with Gasteiger partial charge in [0.2, 0.25) is 4.96 Å². The van der Waals surface area contributed by atoms with Crippen molar-refractivity contribution in [1.82, 2.24) is 25.1 Å². The number of hydrogen-bond acceptors (Lipinski definition) is 6. The van der Waals surface area contributed by atoms with Gasteiger partial charge in [-0.3, -0.25) is 0 Å². The zero-order chi connectivity index (χ0) is 13.2. The zero-order valence-electron chi connectivity index (χ0n) is 11.3. The topological polar surface area (TPSA) is 64.3 Å². The molecule has 1 unspecified atom stereocenters. The summed E-state index contributed by atoms with van der Waals surface area (Å²) in [7, 11) is 1.97. The Kier molecular flexibility index (Phi) is 3.76. The number of aromatic nitrogens is 4. The zero-order valence-corrected chi connectivity index (χ0v) is 12.1. The Morgan fingerprint density at radius 1 is 1.42 bits per heavy atom. The Morgan fingerprint density at radius 2 is 2.21 bits per heavy atom. The Bertz CT molecular complexity index is 541. The van der Waals surface area contributed by atoms with E-state index in [1.54, 1.807) is 11.3 Å². The molecule has 1 atom stereocenters. The van der Waals surface area contributed by atoms with Crippen molar-refractivity contribution in [3.8, 4) is 0 Å². The smallest absolute Gasteiger partial charge is 0.234 e. The van der Waals surface area contributed by atoms with Crippen molar-refractivity contribution in [2.45, 2.75) is 38.1 Å². The molecular weight excluding hydrogens is 262 g/mol. The van der Waals surface area contributed by atoms with Gasteiger partial charge >= 0.3 is 0 Å². The van der Waals surface area contributed by atoms with Crippen molar-refractivity contribution in [2.24, 2.45) is 0 Å². The molecule has 6 nitrogen and oxygen atoms in total. The Balaban J connectivity index is 1.93. The third-order valence-corrected chi connectivity index (χ3v) is 4.68. The fourth-order valence-electron chi connectivity index (χ4n) is 2.50. The molecule has 0 saturated carbocycles. The van der Waals surface area contributed by atoms with Crippen LogP contribution in [0.2, 0.25) is 0 Å². The number of ether oxygens (including phenoxy) is 1. The molecule has 3 rings (SSSR count). The van der Waals surface area contributed by atoms with E-state index in [0.29, 0.717) is 12.0 Å². The third kappa shape index (κ3) is 2.37. The standard InChI is InChI=1S/C12H19N5OS/c1-3-9(13-2)11-16-17-10(14-15-12(17)19-11)8-4-6-18-7-5-8/h8-9,13H,3-7H2,1-2H3. The molecule has 104 valence electrons. The average molecular weight is 281 g/mol. The molecule has 1 saturated heterocycles. The van der Waals surface area contributed by atoms with Crippen molar-refractivity contribution in [3.63, 3.8) is 0 Å². The van der Waals surface area contributed by atoms with Crippen LogP contribution < -0.4 is 5.32 Å². The van der Waals surface area contributed by atoms with Gasteiger partial charge in [0.15, 0.2) is 5.82 Å². The fraction of sp³-hybridized carbons (Fsp3) is 0.750. The van der Waals surface area contributed by atoms with Crippen molar-refractivity contribution in [2.75, 3.05) is 20.3 Å². The maximum atomic E-state index is 5.40. The van der Waals surface area contributed by atoms with Gasteiger partial charge < -0.3 is 10.1 Å². The molecule has 3 heterocycles. The molecule has 0 radical (unpaired) electrons. The molecule has 0 aliphatic carbocycles. The largest absolute Gasteiger partial charge is 0.381 e. The lowest BCUT2D eigenvalue weighted by Gasteiger charge is -2.19. The van der Waals surface area contributed by atoms with Gasteiger partial charge in [-0.25, -0.2) is 0 Å². The van der Waals surface area contributed by atoms with E-state index in [2.05, 4.69) is 22.4 Å². The van der Waals surface area contributed by atoms with Crippen molar-refractivity contribution < 1.29 is 4.74 Å². The van der Waals surface area contributed by atoms with Crippen LogP contribution in [0.3, 0.4) is 0 Å². The van der Waals surface area contributed by atoms with E-state index >= 15 is 0 Å². The second-order valence-electron chi connectivity index (χ2n) is 4.83. The van der Waals surface area contributed by atoms with E-state index in [4.69, 9.17) is 9.84 Å². The highest BCUT2D eigenvalue weighted by atomic mass is 32.1. The molecule has 1 fully saturated rings. The molecule has 0 aromatic carbocycles. The highest BCUT2D eigenvalue weighted by Gasteiger charge is 2.24. The molecule has 1 aliphatic heterocycles. The highest BCUT2D eigenvalue weighted by molar-refractivity contribution is 7.16. The summed E-state index contributed by atoms with van der Waals surface area (Å²) in [5.74, 6) is 1.42. The summed E-state index contributed by atoms with van der Waals surface area (Å²) in [4.78, 5) is 0.894. The Hall–Kier alpha value is -1.05. The molecule has 2 aromatic heterocycles. The summed E-state index contributed by atoms with van der Waals surface area (Å²) in [6, 6.07) is 0.300. The maximum absolute atomic E-state index is 5.40.